The van der Waals surface area contributed by atoms with Crippen LogP contribution in [-0.4, -0.2) is 5.91 Å². The van der Waals surface area contributed by atoms with Gasteiger partial charge in [-0.2, -0.15) is 0 Å². The molecular formula is C23H26N2O3. The lowest BCUT2D eigenvalue weighted by molar-refractivity contribution is -0.116. The van der Waals surface area contributed by atoms with Crippen LogP contribution in [0.1, 0.15) is 42.0 Å². The Hall–Kier alpha value is -3.08. The van der Waals surface area contributed by atoms with Crippen molar-refractivity contribution < 1.29 is 9.21 Å². The summed E-state index contributed by atoms with van der Waals surface area (Å²) < 4.78 is 5.44. The van der Waals surface area contributed by atoms with Crippen LogP contribution in [0.15, 0.2) is 45.6 Å². The minimum atomic E-state index is -0.352. The number of benzene rings is 2. The summed E-state index contributed by atoms with van der Waals surface area (Å²) >= 11 is 0. The van der Waals surface area contributed by atoms with E-state index < -0.39 is 0 Å². The predicted octanol–water partition coefficient (Wildman–Crippen LogP) is 5.07. The number of hydrogen-bond donors (Lipinski definition) is 2. The van der Waals surface area contributed by atoms with Gasteiger partial charge in [-0.25, -0.2) is 4.79 Å². The van der Waals surface area contributed by atoms with Gasteiger partial charge in [0.1, 0.15) is 5.58 Å². The molecule has 0 radical (unpaired) electrons. The number of nitrogens with one attached hydrogen (secondary N) is 2. The van der Waals surface area contributed by atoms with Crippen molar-refractivity contribution in [3.8, 4) is 0 Å². The monoisotopic (exact) mass is 378 g/mol. The fraction of sp³-hybridized carbons (Fsp3) is 0.304. The van der Waals surface area contributed by atoms with Crippen molar-refractivity contribution in [2.24, 2.45) is 0 Å². The Labute approximate surface area is 164 Å². The smallest absolute Gasteiger partial charge is 0.336 e. The highest BCUT2D eigenvalue weighted by Crippen LogP contribution is 2.26. The Morgan fingerprint density at radius 1 is 1.04 bits per heavy atom. The maximum absolute atomic E-state index is 12.0. The molecule has 2 aromatic carbocycles. The third-order valence-electron chi connectivity index (χ3n) is 5.07. The molecule has 0 aliphatic rings. The molecule has 5 heteroatoms. The van der Waals surface area contributed by atoms with E-state index >= 15 is 0 Å². The fourth-order valence-corrected chi connectivity index (χ4v) is 3.26. The second kappa shape index (κ2) is 8.30. The van der Waals surface area contributed by atoms with Gasteiger partial charge in [0.2, 0.25) is 5.91 Å². The van der Waals surface area contributed by atoms with Crippen LogP contribution in [0.3, 0.4) is 0 Å². The summed E-state index contributed by atoms with van der Waals surface area (Å²) in [5, 5.41) is 7.29. The lowest BCUT2D eigenvalue weighted by Crippen LogP contribution is -2.12. The van der Waals surface area contributed by atoms with Crippen LogP contribution in [-0.2, 0) is 11.3 Å². The minimum Gasteiger partial charge on any atom is -0.422 e. The zero-order valence-corrected chi connectivity index (χ0v) is 16.8. The molecule has 0 aliphatic carbocycles. The Kier molecular flexibility index (Phi) is 5.83. The molecule has 0 saturated heterocycles. The van der Waals surface area contributed by atoms with Gasteiger partial charge < -0.3 is 15.1 Å². The van der Waals surface area contributed by atoms with E-state index in [0.29, 0.717) is 18.5 Å². The first-order valence-corrected chi connectivity index (χ1v) is 9.57. The number of anilines is 2. The Morgan fingerprint density at radius 2 is 1.79 bits per heavy atom. The third kappa shape index (κ3) is 4.09. The largest absolute Gasteiger partial charge is 0.422 e. The molecule has 0 unspecified atom stereocenters. The highest BCUT2D eigenvalue weighted by Gasteiger charge is 2.11. The number of aryl methyl sites for hydroxylation is 2. The van der Waals surface area contributed by atoms with Crippen molar-refractivity contribution in [1.82, 2.24) is 0 Å². The van der Waals surface area contributed by atoms with Crippen LogP contribution in [0.25, 0.3) is 11.0 Å². The van der Waals surface area contributed by atoms with Crippen molar-refractivity contribution in [1.29, 1.82) is 0 Å². The molecule has 2 N–H and O–H groups in total. The van der Waals surface area contributed by atoms with Crippen molar-refractivity contribution >= 4 is 28.3 Å². The van der Waals surface area contributed by atoms with E-state index in [1.54, 1.807) is 0 Å². The summed E-state index contributed by atoms with van der Waals surface area (Å²) in [6.45, 7) is 8.40. The minimum absolute atomic E-state index is 0.0141. The number of rotatable bonds is 6. The molecule has 0 spiro atoms. The summed E-state index contributed by atoms with van der Waals surface area (Å²) in [4.78, 5) is 24.0. The topological polar surface area (TPSA) is 71.3 Å². The highest BCUT2D eigenvalue weighted by atomic mass is 16.4. The quantitative estimate of drug-likeness (QED) is 0.588. The molecule has 3 rings (SSSR count). The number of amides is 1. The van der Waals surface area contributed by atoms with Gasteiger partial charge in [0.05, 0.1) is 0 Å². The first-order valence-electron chi connectivity index (χ1n) is 9.57. The highest BCUT2D eigenvalue weighted by molar-refractivity contribution is 5.92. The first kappa shape index (κ1) is 19.7. The van der Waals surface area contributed by atoms with Gasteiger partial charge in [-0.1, -0.05) is 25.1 Å². The average molecular weight is 378 g/mol. The predicted molar refractivity (Wildman–Crippen MR) is 114 cm³/mol. The molecule has 146 valence electrons. The van der Waals surface area contributed by atoms with Crippen molar-refractivity contribution in [3.63, 3.8) is 0 Å². The van der Waals surface area contributed by atoms with Gasteiger partial charge in [0.15, 0.2) is 0 Å². The Morgan fingerprint density at radius 3 is 2.54 bits per heavy atom. The van der Waals surface area contributed by atoms with E-state index in [1.165, 1.54) is 6.07 Å². The molecule has 0 bridgehead atoms. The normalized spacial score (nSPS) is 10.9. The summed E-state index contributed by atoms with van der Waals surface area (Å²) in [7, 11) is 0. The number of carbonyl (C=O) groups excluding carboxylic acids is 1. The second-order valence-electron chi connectivity index (χ2n) is 7.10. The molecule has 0 saturated carbocycles. The van der Waals surface area contributed by atoms with Crippen LogP contribution < -0.4 is 16.3 Å². The van der Waals surface area contributed by atoms with Crippen LogP contribution in [0, 0.1) is 20.8 Å². The van der Waals surface area contributed by atoms with Crippen LogP contribution in [0.5, 0.6) is 0 Å². The van der Waals surface area contributed by atoms with E-state index in [0.717, 1.165) is 45.4 Å². The van der Waals surface area contributed by atoms with E-state index in [-0.39, 0.29) is 11.5 Å². The van der Waals surface area contributed by atoms with Gasteiger partial charge in [0, 0.05) is 35.8 Å². The Bertz CT molecular complexity index is 1080. The maximum Gasteiger partial charge on any atom is 0.336 e. The SMILES string of the molecule is CCCC(=O)Nc1cccc(NCc2cc(=O)oc3c(C)c(C)ccc23)c1C. The molecule has 5 nitrogen and oxygen atoms in total. The molecule has 0 aliphatic heterocycles. The number of hydrogen-bond acceptors (Lipinski definition) is 4. The molecular weight excluding hydrogens is 352 g/mol. The van der Waals surface area contributed by atoms with E-state index in [4.69, 9.17) is 4.42 Å². The first-order chi connectivity index (χ1) is 13.4. The summed E-state index contributed by atoms with van der Waals surface area (Å²) in [5.41, 5.74) is 5.92. The van der Waals surface area contributed by atoms with E-state index in [1.807, 2.05) is 58.0 Å². The average Bonchev–Trinajstić information content (AvgIpc) is 2.66. The number of carbonyl (C=O) groups is 1. The van der Waals surface area contributed by atoms with Gasteiger partial charge in [0.25, 0.3) is 0 Å². The van der Waals surface area contributed by atoms with Crippen LogP contribution in [0.4, 0.5) is 11.4 Å². The van der Waals surface area contributed by atoms with Crippen LogP contribution >= 0.6 is 0 Å². The third-order valence-corrected chi connectivity index (χ3v) is 5.07. The van der Waals surface area contributed by atoms with E-state index in [2.05, 4.69) is 10.6 Å². The Balaban J connectivity index is 1.88. The number of fused-ring (bicyclic) bond motifs is 1. The molecule has 1 amide bonds. The van der Waals surface area contributed by atoms with Gasteiger partial charge in [-0.15, -0.1) is 0 Å². The summed E-state index contributed by atoms with van der Waals surface area (Å²) in [5.74, 6) is 0.0141. The maximum atomic E-state index is 12.0. The van der Waals surface area contributed by atoms with Gasteiger partial charge >= 0.3 is 5.63 Å². The van der Waals surface area contributed by atoms with Crippen LogP contribution in [0.2, 0.25) is 0 Å². The summed E-state index contributed by atoms with van der Waals surface area (Å²) in [6.07, 6.45) is 1.31. The molecule has 1 aromatic heterocycles. The van der Waals surface area contributed by atoms with Crippen molar-refractivity contribution in [2.75, 3.05) is 10.6 Å². The van der Waals surface area contributed by atoms with Crippen molar-refractivity contribution in [3.05, 3.63) is 69.1 Å². The second-order valence-corrected chi connectivity index (χ2v) is 7.10. The fourth-order valence-electron chi connectivity index (χ4n) is 3.26. The lowest BCUT2D eigenvalue weighted by Gasteiger charge is -2.15. The standard InChI is InChI=1S/C23H26N2O3/c1-5-7-21(26)25-20-9-6-8-19(16(20)4)24-13-17-12-22(27)28-23-15(3)14(2)10-11-18(17)23/h6,8-12,24H,5,7,13H2,1-4H3,(H,25,26). The zero-order chi connectivity index (χ0) is 20.3. The zero-order valence-electron chi connectivity index (χ0n) is 16.8. The summed E-state index contributed by atoms with van der Waals surface area (Å²) in [6, 6.07) is 11.3. The van der Waals surface area contributed by atoms with Gasteiger partial charge in [-0.3, -0.25) is 4.79 Å². The molecule has 3 aromatic rings. The van der Waals surface area contributed by atoms with E-state index in [9.17, 15) is 9.59 Å². The van der Waals surface area contributed by atoms with Crippen molar-refractivity contribution in [2.45, 2.75) is 47.1 Å². The molecule has 1 heterocycles. The lowest BCUT2D eigenvalue weighted by atomic mass is 10.0. The molecule has 0 atom stereocenters. The molecule has 28 heavy (non-hydrogen) atoms. The molecule has 0 fully saturated rings. The van der Waals surface area contributed by atoms with Gasteiger partial charge in [-0.05, 0) is 61.6 Å².